The molecule has 0 aliphatic carbocycles. The molecule has 0 amide bonds. The van der Waals surface area contributed by atoms with E-state index in [4.69, 9.17) is 0 Å². The summed E-state index contributed by atoms with van der Waals surface area (Å²) in [6, 6.07) is 4.87. The van der Waals surface area contributed by atoms with Gasteiger partial charge in [0.1, 0.15) is 21.4 Å². The van der Waals surface area contributed by atoms with Crippen LogP contribution in [0, 0.1) is 6.92 Å². The van der Waals surface area contributed by atoms with E-state index in [0.29, 0.717) is 17.4 Å². The Labute approximate surface area is 142 Å². The highest BCUT2D eigenvalue weighted by atomic mass is 32.2. The van der Waals surface area contributed by atoms with Crippen molar-refractivity contribution in [3.63, 3.8) is 0 Å². The quantitative estimate of drug-likeness (QED) is 0.541. The predicted octanol–water partition coefficient (Wildman–Crippen LogP) is 1.82. The van der Waals surface area contributed by atoms with Crippen LogP contribution in [0.15, 0.2) is 34.1 Å². The number of fused-ring (bicyclic) bond motifs is 3. The summed E-state index contributed by atoms with van der Waals surface area (Å²) in [6.45, 7) is 4.37. The highest BCUT2D eigenvalue weighted by Gasteiger charge is 2.23. The lowest BCUT2D eigenvalue weighted by atomic mass is 10.1. The second-order valence-electron chi connectivity index (χ2n) is 5.22. The fourth-order valence-electron chi connectivity index (χ4n) is 2.77. The number of rotatable bonds is 3. The van der Waals surface area contributed by atoms with Crippen LogP contribution < -0.4 is 4.57 Å². The first-order valence-electron chi connectivity index (χ1n) is 6.87. The van der Waals surface area contributed by atoms with Gasteiger partial charge in [0.2, 0.25) is 10.5 Å². The summed E-state index contributed by atoms with van der Waals surface area (Å²) < 4.78 is 69.5. The summed E-state index contributed by atoms with van der Waals surface area (Å²) in [7, 11) is -9.35. The van der Waals surface area contributed by atoms with Crippen molar-refractivity contribution in [3.05, 3.63) is 29.3 Å². The molecule has 7 nitrogen and oxygen atoms in total. The van der Waals surface area contributed by atoms with E-state index < -0.39 is 30.0 Å². The molecule has 0 atom stereocenters. The maximum absolute atomic E-state index is 11.7. The Kier molecular flexibility index (Phi) is 3.92. The third-order valence-corrected chi connectivity index (χ3v) is 6.68. The molecule has 0 fully saturated rings. The molecule has 0 saturated carbocycles. The summed E-state index contributed by atoms with van der Waals surface area (Å²) in [5.74, 6) is 0. The molecule has 0 aliphatic heterocycles. The molecule has 24 heavy (non-hydrogen) atoms. The van der Waals surface area contributed by atoms with Gasteiger partial charge in [0.05, 0.1) is 9.79 Å². The van der Waals surface area contributed by atoms with Crippen molar-refractivity contribution in [1.29, 1.82) is 0 Å². The zero-order valence-corrected chi connectivity index (χ0v) is 15.1. The van der Waals surface area contributed by atoms with E-state index in [1.54, 1.807) is 0 Å². The summed E-state index contributed by atoms with van der Waals surface area (Å²) in [4.78, 5) is -0.966. The zero-order valence-electron chi connectivity index (χ0n) is 12.7. The first kappa shape index (κ1) is 17.2. The van der Waals surface area contributed by atoms with Crippen LogP contribution >= 0.6 is 11.3 Å². The third kappa shape index (κ3) is 2.70. The maximum atomic E-state index is 11.7. The molecule has 1 heterocycles. The lowest BCUT2D eigenvalue weighted by Crippen LogP contribution is -2.33. The van der Waals surface area contributed by atoms with Crippen LogP contribution in [0.4, 0.5) is 0 Å². The number of nitrogens with zero attached hydrogens (tertiary/aromatic N) is 1. The Balaban J connectivity index is 2.60. The molecule has 0 saturated heterocycles. The van der Waals surface area contributed by atoms with Crippen molar-refractivity contribution in [3.8, 4) is 0 Å². The van der Waals surface area contributed by atoms with Gasteiger partial charge in [-0.05, 0) is 19.1 Å². The molecule has 1 N–H and O–H groups in total. The molecule has 0 aliphatic rings. The lowest BCUT2D eigenvalue weighted by molar-refractivity contribution is -0.669. The van der Waals surface area contributed by atoms with Gasteiger partial charge < -0.3 is 4.55 Å². The van der Waals surface area contributed by atoms with Crippen LogP contribution in [0.1, 0.15) is 11.9 Å². The molecule has 128 valence electrons. The molecular formula is C14H13NO6S3. The molecule has 2 aromatic carbocycles. The van der Waals surface area contributed by atoms with Crippen LogP contribution in [0.3, 0.4) is 0 Å². The monoisotopic (exact) mass is 387 g/mol. The fourth-order valence-corrected chi connectivity index (χ4v) is 5.17. The Morgan fingerprint density at radius 2 is 1.83 bits per heavy atom. The van der Waals surface area contributed by atoms with Gasteiger partial charge >= 0.3 is 0 Å². The molecule has 0 bridgehead atoms. The van der Waals surface area contributed by atoms with E-state index in [1.165, 1.54) is 29.5 Å². The second-order valence-corrected chi connectivity index (χ2v) is 9.20. The first-order valence-corrected chi connectivity index (χ1v) is 10.5. The van der Waals surface area contributed by atoms with Crippen LogP contribution in [0.25, 0.3) is 21.0 Å². The molecule has 3 rings (SSSR count). The number of thiazole rings is 1. The van der Waals surface area contributed by atoms with E-state index in [1.807, 2.05) is 18.4 Å². The minimum absolute atomic E-state index is 0.0165. The molecule has 0 spiro atoms. The van der Waals surface area contributed by atoms with Crippen LogP contribution in [-0.4, -0.2) is 25.9 Å². The standard InChI is InChI=1S/C14H13NO6S3/c1-3-15-8(2)22-14-10-5-4-9(23(16,17)18)6-11(10)13(7-12(14)15)24(19,20)21/h4-7H,3H2,1-2H3,(H-,16,17,18,19,20,21). The van der Waals surface area contributed by atoms with Crippen molar-refractivity contribution in [2.75, 3.05) is 0 Å². The van der Waals surface area contributed by atoms with Gasteiger partial charge in [-0.2, -0.15) is 13.0 Å². The molecule has 0 radical (unpaired) electrons. The summed E-state index contributed by atoms with van der Waals surface area (Å²) >= 11 is 1.42. The lowest BCUT2D eigenvalue weighted by Gasteiger charge is -2.11. The number of aryl methyl sites for hydroxylation is 2. The smallest absolute Gasteiger partial charge is 0.294 e. The van der Waals surface area contributed by atoms with Gasteiger partial charge in [0.15, 0.2) is 0 Å². The fraction of sp³-hybridized carbons (Fsp3) is 0.214. The molecule has 3 aromatic rings. The van der Waals surface area contributed by atoms with E-state index in [-0.39, 0.29) is 5.39 Å². The van der Waals surface area contributed by atoms with E-state index >= 15 is 0 Å². The minimum atomic E-state index is -4.83. The molecule has 10 heteroatoms. The Bertz CT molecular complexity index is 1190. The maximum Gasteiger partial charge on any atom is 0.294 e. The van der Waals surface area contributed by atoms with Crippen molar-refractivity contribution < 1.29 is 30.5 Å². The third-order valence-electron chi connectivity index (χ3n) is 3.81. The normalized spacial score (nSPS) is 13.0. The molecule has 1 aromatic heterocycles. The number of hydrogen-bond donors (Lipinski definition) is 1. The topological polar surface area (TPSA) is 115 Å². The summed E-state index contributed by atoms with van der Waals surface area (Å²) in [5, 5.41) is 1.36. The minimum Gasteiger partial charge on any atom is -0.744 e. The Morgan fingerprint density at radius 3 is 2.38 bits per heavy atom. The van der Waals surface area contributed by atoms with Gasteiger partial charge in [-0.3, -0.25) is 4.55 Å². The number of aromatic nitrogens is 1. The number of hydrogen-bond acceptors (Lipinski definition) is 6. The van der Waals surface area contributed by atoms with Crippen molar-refractivity contribution in [1.82, 2.24) is 0 Å². The predicted molar refractivity (Wildman–Crippen MR) is 87.7 cm³/mol. The first-order chi connectivity index (χ1) is 11.0. The highest BCUT2D eigenvalue weighted by molar-refractivity contribution is 7.86. The Hall–Kier alpha value is -1.59. The summed E-state index contributed by atoms with van der Waals surface area (Å²) in [5.41, 5.74) is 0.599. The van der Waals surface area contributed by atoms with Gasteiger partial charge in [-0.15, -0.1) is 0 Å². The molecular weight excluding hydrogens is 374 g/mol. The average Bonchev–Trinajstić information content (AvgIpc) is 2.79. The van der Waals surface area contributed by atoms with Gasteiger partial charge in [-0.1, -0.05) is 17.4 Å². The van der Waals surface area contributed by atoms with Crippen molar-refractivity contribution >= 4 is 52.6 Å². The highest BCUT2D eigenvalue weighted by Crippen LogP contribution is 2.35. The van der Waals surface area contributed by atoms with Crippen LogP contribution in [0.5, 0.6) is 0 Å². The van der Waals surface area contributed by atoms with Crippen LogP contribution in [0.2, 0.25) is 0 Å². The zero-order chi connectivity index (χ0) is 17.9. The average molecular weight is 387 g/mol. The van der Waals surface area contributed by atoms with Crippen LogP contribution in [-0.2, 0) is 26.8 Å². The largest absolute Gasteiger partial charge is 0.744 e. The SMILES string of the molecule is CC[n+]1c(C)sc2c3ccc(S(=O)(=O)O)cc3c(S(=O)(=O)[O-])cc21. The Morgan fingerprint density at radius 1 is 1.17 bits per heavy atom. The number of benzene rings is 2. The summed E-state index contributed by atoms with van der Waals surface area (Å²) in [6.07, 6.45) is 0. The van der Waals surface area contributed by atoms with Gasteiger partial charge in [0.25, 0.3) is 10.1 Å². The van der Waals surface area contributed by atoms with Gasteiger partial charge in [-0.25, -0.2) is 8.42 Å². The van der Waals surface area contributed by atoms with E-state index in [0.717, 1.165) is 15.8 Å². The van der Waals surface area contributed by atoms with E-state index in [9.17, 15) is 25.9 Å². The van der Waals surface area contributed by atoms with Crippen molar-refractivity contribution in [2.24, 2.45) is 0 Å². The second kappa shape index (κ2) is 5.46. The van der Waals surface area contributed by atoms with Gasteiger partial charge in [0, 0.05) is 23.8 Å². The van der Waals surface area contributed by atoms with Crippen molar-refractivity contribution in [2.45, 2.75) is 30.2 Å². The van der Waals surface area contributed by atoms with E-state index in [2.05, 4.69) is 0 Å². The molecule has 0 unspecified atom stereocenters.